The van der Waals surface area contributed by atoms with Crippen LogP contribution in [0.15, 0.2) is 42.5 Å². The first kappa shape index (κ1) is 19.2. The number of amides is 1. The number of rotatable bonds is 4. The number of fused-ring (bicyclic) bond motifs is 1. The summed E-state index contributed by atoms with van der Waals surface area (Å²) < 4.78 is 0. The Morgan fingerprint density at radius 3 is 2.79 bits per heavy atom. The van der Waals surface area contributed by atoms with Crippen molar-refractivity contribution >= 4 is 13.4 Å². The number of carbonyl (C=O) groups is 1. The fraction of sp³-hybridized carbons (Fsp3) is 0.409. The Kier molecular flexibility index (Phi) is 5.81. The summed E-state index contributed by atoms with van der Waals surface area (Å²) in [6.07, 6.45) is 2.84. The van der Waals surface area contributed by atoms with E-state index >= 15 is 0 Å². The van der Waals surface area contributed by atoms with Crippen LogP contribution in [0.5, 0.6) is 0 Å². The van der Waals surface area contributed by atoms with Gasteiger partial charge in [0.2, 0.25) is 0 Å². The summed E-state index contributed by atoms with van der Waals surface area (Å²) in [4.78, 5) is 15.0. The molecule has 1 radical (unpaired) electrons. The Morgan fingerprint density at radius 1 is 1.21 bits per heavy atom. The third-order valence-corrected chi connectivity index (χ3v) is 6.07. The first-order valence-corrected chi connectivity index (χ1v) is 10.1. The Labute approximate surface area is 167 Å². The first-order valence-electron chi connectivity index (χ1n) is 10.1. The molecule has 4 rings (SSSR count). The van der Waals surface area contributed by atoms with Crippen LogP contribution in [0.25, 0.3) is 0 Å². The third-order valence-electron chi connectivity index (χ3n) is 6.07. The molecule has 2 aromatic carbocycles. The van der Waals surface area contributed by atoms with Crippen molar-refractivity contribution in [2.24, 2.45) is 5.73 Å². The topological polar surface area (TPSA) is 78.6 Å². The highest BCUT2D eigenvalue weighted by atomic mass is 16.2. The van der Waals surface area contributed by atoms with Crippen molar-refractivity contribution in [2.75, 3.05) is 19.6 Å². The van der Waals surface area contributed by atoms with Gasteiger partial charge in [0.15, 0.2) is 0 Å². The minimum atomic E-state index is -0.145. The zero-order chi connectivity index (χ0) is 19.5. The fourth-order valence-electron chi connectivity index (χ4n) is 4.44. The molecule has 0 saturated carbocycles. The molecule has 2 aromatic rings. The number of nitrogens with zero attached hydrogens (tertiary/aromatic N) is 1. The Morgan fingerprint density at radius 2 is 2.04 bits per heavy atom. The van der Waals surface area contributed by atoms with Gasteiger partial charge in [-0.25, -0.2) is 0 Å². The standard InChI is InChI=1S/C22H27BN3O2/c24-14-15-2-1-3-17(12-15)16-7-10-26(11-8-16)22(27)19-4-5-20-18(13-19)6-9-25-21(20)23-28/h1-5,12-13,16,21,25,28H,6-11,14,24H2. The summed E-state index contributed by atoms with van der Waals surface area (Å²) in [6, 6.07) is 14.4. The lowest BCUT2D eigenvalue weighted by atomic mass is 9.77. The van der Waals surface area contributed by atoms with E-state index in [1.165, 1.54) is 13.0 Å². The van der Waals surface area contributed by atoms with Gasteiger partial charge in [-0.15, -0.1) is 0 Å². The zero-order valence-electron chi connectivity index (χ0n) is 16.1. The maximum atomic E-state index is 13.0. The summed E-state index contributed by atoms with van der Waals surface area (Å²) in [5, 5.41) is 12.7. The molecule has 1 saturated heterocycles. The van der Waals surface area contributed by atoms with Gasteiger partial charge in [0, 0.05) is 31.1 Å². The van der Waals surface area contributed by atoms with Crippen LogP contribution in [-0.4, -0.2) is 42.9 Å². The van der Waals surface area contributed by atoms with Crippen LogP contribution in [0.3, 0.4) is 0 Å². The second-order valence-corrected chi connectivity index (χ2v) is 7.76. The number of hydrogen-bond donors (Lipinski definition) is 3. The maximum Gasteiger partial charge on any atom is 0.310 e. The van der Waals surface area contributed by atoms with E-state index in [4.69, 9.17) is 5.73 Å². The molecule has 6 heteroatoms. The molecule has 1 fully saturated rings. The number of piperidine rings is 1. The van der Waals surface area contributed by atoms with E-state index in [1.807, 2.05) is 23.1 Å². The number of benzene rings is 2. The molecule has 1 atom stereocenters. The van der Waals surface area contributed by atoms with Crippen LogP contribution in [-0.2, 0) is 13.0 Å². The average Bonchev–Trinajstić information content (AvgIpc) is 2.78. The normalized spacial score (nSPS) is 19.9. The molecule has 5 nitrogen and oxygen atoms in total. The Bertz CT molecular complexity index is 849. The molecular formula is C22H27BN3O2. The molecule has 0 aliphatic carbocycles. The molecule has 145 valence electrons. The lowest BCUT2D eigenvalue weighted by Gasteiger charge is -2.33. The quantitative estimate of drug-likeness (QED) is 0.713. The molecule has 28 heavy (non-hydrogen) atoms. The van der Waals surface area contributed by atoms with Crippen LogP contribution in [0, 0.1) is 0 Å². The molecule has 0 aromatic heterocycles. The molecule has 2 aliphatic heterocycles. The van der Waals surface area contributed by atoms with Crippen molar-refractivity contribution in [3.8, 4) is 0 Å². The van der Waals surface area contributed by atoms with Crippen LogP contribution in [0.4, 0.5) is 0 Å². The first-order chi connectivity index (χ1) is 13.7. The number of carbonyl (C=O) groups excluding carboxylic acids is 1. The predicted molar refractivity (Wildman–Crippen MR) is 111 cm³/mol. The molecule has 2 heterocycles. The monoisotopic (exact) mass is 376 g/mol. The zero-order valence-corrected chi connectivity index (χ0v) is 16.1. The van der Waals surface area contributed by atoms with Gasteiger partial charge in [-0.1, -0.05) is 30.3 Å². The largest absolute Gasteiger partial charge is 0.452 e. The lowest BCUT2D eigenvalue weighted by Crippen LogP contribution is -2.38. The molecular weight excluding hydrogens is 349 g/mol. The lowest BCUT2D eigenvalue weighted by molar-refractivity contribution is 0.0713. The summed E-state index contributed by atoms with van der Waals surface area (Å²) in [5.41, 5.74) is 11.2. The summed E-state index contributed by atoms with van der Waals surface area (Å²) in [5.74, 6) is 0.457. The van der Waals surface area contributed by atoms with Crippen LogP contribution in [0.2, 0.25) is 0 Å². The molecule has 2 aliphatic rings. The minimum absolute atomic E-state index is 0.111. The van der Waals surface area contributed by atoms with E-state index in [2.05, 4.69) is 29.6 Å². The van der Waals surface area contributed by atoms with Crippen molar-refractivity contribution < 1.29 is 9.82 Å². The highest BCUT2D eigenvalue weighted by Gasteiger charge is 2.26. The SMILES string of the molecule is NCc1cccc(C2CCN(C(=O)c3ccc4c(c3)CCNC4[B]O)CC2)c1. The van der Waals surface area contributed by atoms with Crippen molar-refractivity contribution in [3.63, 3.8) is 0 Å². The van der Waals surface area contributed by atoms with Crippen LogP contribution < -0.4 is 11.1 Å². The van der Waals surface area contributed by atoms with Gasteiger partial charge in [0.05, 0.1) is 0 Å². The van der Waals surface area contributed by atoms with E-state index in [0.717, 1.165) is 61.2 Å². The highest BCUT2D eigenvalue weighted by molar-refractivity contribution is 6.28. The maximum absolute atomic E-state index is 13.0. The number of nitrogens with one attached hydrogen (secondary N) is 1. The molecule has 1 unspecified atom stereocenters. The predicted octanol–water partition coefficient (Wildman–Crippen LogP) is 1.92. The second-order valence-electron chi connectivity index (χ2n) is 7.76. The van der Waals surface area contributed by atoms with Gasteiger partial charge < -0.3 is 21.0 Å². The van der Waals surface area contributed by atoms with E-state index < -0.39 is 0 Å². The van der Waals surface area contributed by atoms with E-state index in [9.17, 15) is 9.82 Å². The molecule has 0 bridgehead atoms. The minimum Gasteiger partial charge on any atom is -0.452 e. The van der Waals surface area contributed by atoms with Gasteiger partial charge >= 0.3 is 7.48 Å². The second kappa shape index (κ2) is 8.47. The fourth-order valence-corrected chi connectivity index (χ4v) is 4.44. The third kappa shape index (κ3) is 3.85. The van der Waals surface area contributed by atoms with E-state index in [-0.39, 0.29) is 11.8 Å². The van der Waals surface area contributed by atoms with Gasteiger partial charge in [0.25, 0.3) is 5.91 Å². The summed E-state index contributed by atoms with van der Waals surface area (Å²) in [7, 11) is 1.18. The van der Waals surface area contributed by atoms with E-state index in [1.54, 1.807) is 0 Å². The number of nitrogens with two attached hydrogens (primary N) is 1. The van der Waals surface area contributed by atoms with E-state index in [0.29, 0.717) is 12.5 Å². The average molecular weight is 376 g/mol. The van der Waals surface area contributed by atoms with Gasteiger partial charge in [-0.05, 0) is 66.1 Å². The van der Waals surface area contributed by atoms with Crippen molar-refractivity contribution in [3.05, 3.63) is 70.3 Å². The van der Waals surface area contributed by atoms with Gasteiger partial charge in [-0.3, -0.25) is 4.79 Å². The van der Waals surface area contributed by atoms with Crippen molar-refractivity contribution in [2.45, 2.75) is 37.7 Å². The molecule has 4 N–H and O–H groups in total. The number of likely N-dealkylation sites (tertiary alicyclic amines) is 1. The number of hydrogen-bond acceptors (Lipinski definition) is 4. The Balaban J connectivity index is 1.43. The molecule has 0 spiro atoms. The summed E-state index contributed by atoms with van der Waals surface area (Å²) in [6.45, 7) is 2.93. The Hall–Kier alpha value is -2.15. The smallest absolute Gasteiger partial charge is 0.310 e. The van der Waals surface area contributed by atoms with Crippen molar-refractivity contribution in [1.82, 2.24) is 10.2 Å². The van der Waals surface area contributed by atoms with Crippen LogP contribution >= 0.6 is 0 Å². The molecule has 1 amide bonds. The van der Waals surface area contributed by atoms with Crippen LogP contribution in [0.1, 0.15) is 57.3 Å². The van der Waals surface area contributed by atoms with Gasteiger partial charge in [-0.2, -0.15) is 0 Å². The van der Waals surface area contributed by atoms with Crippen molar-refractivity contribution in [1.29, 1.82) is 0 Å². The summed E-state index contributed by atoms with van der Waals surface area (Å²) >= 11 is 0. The highest BCUT2D eigenvalue weighted by Crippen LogP contribution is 2.30. The van der Waals surface area contributed by atoms with Gasteiger partial charge in [0.1, 0.15) is 0 Å².